The molecule has 1 unspecified atom stereocenters. The number of anilines is 1. The molecule has 1 aromatic rings. The molecule has 1 rings (SSSR count). The zero-order valence-corrected chi connectivity index (χ0v) is 11.1. The summed E-state index contributed by atoms with van der Waals surface area (Å²) < 4.78 is 0. The number of benzene rings is 1. The molecule has 1 atom stereocenters. The van der Waals surface area contributed by atoms with E-state index < -0.39 is 11.8 Å². The molecule has 0 aliphatic rings. The van der Waals surface area contributed by atoms with Crippen LogP contribution in [0.3, 0.4) is 0 Å². The summed E-state index contributed by atoms with van der Waals surface area (Å²) in [5.74, 6) is -1.72. The van der Waals surface area contributed by atoms with Gasteiger partial charge in [-0.15, -0.1) is 0 Å². The number of rotatable bonds is 5. The molecule has 0 fully saturated rings. The summed E-state index contributed by atoms with van der Waals surface area (Å²) in [6.07, 6.45) is 0.435. The maximum absolute atomic E-state index is 9.11. The standard InChI is InChI=1S/C15H13N5/c1-20(8-2-7-16)14-5-3-12(4-6-14)15(11-19)13(9-17)10-18/h3-6,13,15H,2,8H2,1H3. The van der Waals surface area contributed by atoms with Crippen LogP contribution in [0.4, 0.5) is 5.69 Å². The second kappa shape index (κ2) is 7.42. The van der Waals surface area contributed by atoms with E-state index in [9.17, 15) is 0 Å². The van der Waals surface area contributed by atoms with Gasteiger partial charge in [0.2, 0.25) is 0 Å². The molecule has 0 spiro atoms. The van der Waals surface area contributed by atoms with E-state index in [1.165, 1.54) is 0 Å². The molecule has 0 saturated heterocycles. The zero-order valence-electron chi connectivity index (χ0n) is 11.1. The zero-order chi connectivity index (χ0) is 15.0. The first-order valence-corrected chi connectivity index (χ1v) is 6.04. The smallest absolute Gasteiger partial charge is 0.153 e. The molecule has 0 heterocycles. The summed E-state index contributed by atoms with van der Waals surface area (Å²) in [4.78, 5) is 1.93. The molecule has 0 aromatic heterocycles. The monoisotopic (exact) mass is 263 g/mol. The van der Waals surface area contributed by atoms with Crippen LogP contribution in [0.5, 0.6) is 0 Å². The lowest BCUT2D eigenvalue weighted by atomic mass is 9.89. The molecule has 98 valence electrons. The molecule has 0 bridgehead atoms. The van der Waals surface area contributed by atoms with Crippen LogP contribution in [0, 0.1) is 51.2 Å². The minimum atomic E-state index is -0.970. The lowest BCUT2D eigenvalue weighted by Crippen LogP contribution is -2.18. The fourth-order valence-corrected chi connectivity index (χ4v) is 1.80. The van der Waals surface area contributed by atoms with Gasteiger partial charge < -0.3 is 4.90 Å². The maximum Gasteiger partial charge on any atom is 0.153 e. The van der Waals surface area contributed by atoms with Gasteiger partial charge in [0.25, 0.3) is 0 Å². The first-order chi connectivity index (χ1) is 9.67. The van der Waals surface area contributed by atoms with Crippen molar-refractivity contribution in [2.24, 2.45) is 5.92 Å². The highest BCUT2D eigenvalue weighted by Gasteiger charge is 2.22. The van der Waals surface area contributed by atoms with Crippen LogP contribution in [0.25, 0.3) is 0 Å². The van der Waals surface area contributed by atoms with Crippen molar-refractivity contribution in [3.05, 3.63) is 29.8 Å². The van der Waals surface area contributed by atoms with Crippen LogP contribution in [0.2, 0.25) is 0 Å². The largest absolute Gasteiger partial charge is 0.374 e. The van der Waals surface area contributed by atoms with Crippen LogP contribution in [-0.2, 0) is 0 Å². The molecule has 0 aliphatic carbocycles. The highest BCUT2D eigenvalue weighted by atomic mass is 15.1. The van der Waals surface area contributed by atoms with Gasteiger partial charge in [0, 0.05) is 19.3 Å². The summed E-state index contributed by atoms with van der Waals surface area (Å²) in [5.41, 5.74) is 1.57. The van der Waals surface area contributed by atoms with E-state index in [1.54, 1.807) is 12.1 Å². The molecule has 0 saturated carbocycles. The Labute approximate surface area is 118 Å². The molecule has 0 amide bonds. The van der Waals surface area contributed by atoms with Crippen LogP contribution < -0.4 is 4.90 Å². The SMILES string of the molecule is CN(CCC#N)c1ccc(C(C#N)C(C#N)C#N)cc1. The normalized spacial score (nSPS) is 10.7. The highest BCUT2D eigenvalue weighted by Crippen LogP contribution is 2.25. The number of hydrogen-bond donors (Lipinski definition) is 0. The van der Waals surface area contributed by atoms with Crippen molar-refractivity contribution in [2.45, 2.75) is 12.3 Å². The Bertz CT molecular complexity index is 592. The topological polar surface area (TPSA) is 98.4 Å². The molecule has 5 heteroatoms. The van der Waals surface area contributed by atoms with E-state index in [-0.39, 0.29) is 0 Å². The van der Waals surface area contributed by atoms with E-state index in [4.69, 9.17) is 21.0 Å². The minimum absolute atomic E-state index is 0.435. The predicted molar refractivity (Wildman–Crippen MR) is 73.0 cm³/mol. The van der Waals surface area contributed by atoms with Crippen molar-refractivity contribution in [1.29, 1.82) is 21.0 Å². The Morgan fingerprint density at radius 2 is 1.60 bits per heavy atom. The average molecular weight is 263 g/mol. The Morgan fingerprint density at radius 1 is 1.00 bits per heavy atom. The number of nitriles is 4. The lowest BCUT2D eigenvalue weighted by Gasteiger charge is -2.18. The van der Waals surface area contributed by atoms with E-state index in [0.29, 0.717) is 18.5 Å². The first-order valence-electron chi connectivity index (χ1n) is 6.04. The average Bonchev–Trinajstić information content (AvgIpc) is 2.50. The quantitative estimate of drug-likeness (QED) is 0.811. The van der Waals surface area contributed by atoms with Gasteiger partial charge in [0.15, 0.2) is 5.92 Å². The van der Waals surface area contributed by atoms with Crippen molar-refractivity contribution < 1.29 is 0 Å². The van der Waals surface area contributed by atoms with Gasteiger partial charge in [0.1, 0.15) is 5.92 Å². The molecule has 5 nitrogen and oxygen atoms in total. The van der Waals surface area contributed by atoms with E-state index >= 15 is 0 Å². The van der Waals surface area contributed by atoms with Gasteiger partial charge in [-0.3, -0.25) is 0 Å². The lowest BCUT2D eigenvalue weighted by molar-refractivity contribution is 0.744. The molecule has 0 aliphatic heterocycles. The second-order valence-electron chi connectivity index (χ2n) is 4.26. The van der Waals surface area contributed by atoms with Crippen LogP contribution >= 0.6 is 0 Å². The highest BCUT2D eigenvalue weighted by molar-refractivity contribution is 5.48. The summed E-state index contributed by atoms with van der Waals surface area (Å²) >= 11 is 0. The maximum atomic E-state index is 9.11. The molecule has 20 heavy (non-hydrogen) atoms. The van der Waals surface area contributed by atoms with Crippen LogP contribution in [0.1, 0.15) is 17.9 Å². The summed E-state index contributed by atoms with van der Waals surface area (Å²) in [7, 11) is 1.88. The van der Waals surface area contributed by atoms with Gasteiger partial charge in [-0.1, -0.05) is 12.1 Å². The molecule has 1 aromatic carbocycles. The van der Waals surface area contributed by atoms with Crippen LogP contribution in [0.15, 0.2) is 24.3 Å². The molecular weight excluding hydrogens is 250 g/mol. The van der Waals surface area contributed by atoms with Gasteiger partial charge >= 0.3 is 0 Å². The predicted octanol–water partition coefficient (Wildman–Crippen LogP) is 2.31. The van der Waals surface area contributed by atoms with Crippen LogP contribution in [-0.4, -0.2) is 13.6 Å². The van der Waals surface area contributed by atoms with Crippen molar-refractivity contribution in [3.8, 4) is 24.3 Å². The van der Waals surface area contributed by atoms with E-state index in [2.05, 4.69) is 6.07 Å². The van der Waals surface area contributed by atoms with E-state index in [1.807, 2.05) is 42.3 Å². The fraction of sp³-hybridized carbons (Fsp3) is 0.333. The summed E-state index contributed by atoms with van der Waals surface area (Å²) in [6.45, 7) is 0.622. The third-order valence-corrected chi connectivity index (χ3v) is 3.00. The van der Waals surface area contributed by atoms with Gasteiger partial charge in [0.05, 0.1) is 30.7 Å². The second-order valence-corrected chi connectivity index (χ2v) is 4.26. The Balaban J connectivity index is 2.92. The van der Waals surface area contributed by atoms with Crippen molar-refractivity contribution in [2.75, 3.05) is 18.5 Å². The van der Waals surface area contributed by atoms with Crippen molar-refractivity contribution in [3.63, 3.8) is 0 Å². The molecular formula is C15H13N5. The third kappa shape index (κ3) is 3.49. The number of nitrogens with zero attached hydrogens (tertiary/aromatic N) is 5. The third-order valence-electron chi connectivity index (χ3n) is 3.00. The summed E-state index contributed by atoms with van der Waals surface area (Å²) in [6, 6.07) is 14.9. The minimum Gasteiger partial charge on any atom is -0.374 e. The van der Waals surface area contributed by atoms with Crippen molar-refractivity contribution >= 4 is 5.69 Å². The van der Waals surface area contributed by atoms with Crippen molar-refractivity contribution in [1.82, 2.24) is 0 Å². The molecule has 0 radical (unpaired) electrons. The Hall–Kier alpha value is -3.02. The first kappa shape index (κ1) is 15.0. The molecule has 0 N–H and O–H groups in total. The Morgan fingerprint density at radius 3 is 2.05 bits per heavy atom. The van der Waals surface area contributed by atoms with E-state index in [0.717, 1.165) is 5.69 Å². The Kier molecular flexibility index (Phi) is 5.58. The van der Waals surface area contributed by atoms with Gasteiger partial charge in [-0.05, 0) is 17.7 Å². The van der Waals surface area contributed by atoms with Gasteiger partial charge in [-0.2, -0.15) is 21.0 Å². The number of hydrogen-bond acceptors (Lipinski definition) is 5. The summed E-state index contributed by atoms with van der Waals surface area (Å²) in [5, 5.41) is 35.4. The fourth-order valence-electron chi connectivity index (χ4n) is 1.80. The van der Waals surface area contributed by atoms with Gasteiger partial charge in [-0.25, -0.2) is 0 Å².